The van der Waals surface area contributed by atoms with Crippen molar-refractivity contribution in [1.29, 1.82) is 0 Å². The first kappa shape index (κ1) is 19.6. The molecule has 140 valence electrons. The van der Waals surface area contributed by atoms with E-state index >= 15 is 0 Å². The van der Waals surface area contributed by atoms with Crippen molar-refractivity contribution in [2.75, 3.05) is 6.54 Å². The van der Waals surface area contributed by atoms with Gasteiger partial charge in [0, 0.05) is 12.5 Å². The molecule has 2 aromatic rings. The number of carbonyl (C=O) groups excluding carboxylic acids is 1. The van der Waals surface area contributed by atoms with E-state index in [9.17, 15) is 14.0 Å². The highest BCUT2D eigenvalue weighted by Gasteiger charge is 2.22. The zero-order valence-electron chi connectivity index (χ0n) is 15.1. The van der Waals surface area contributed by atoms with E-state index in [0.717, 1.165) is 0 Å². The number of benzene rings is 1. The minimum atomic E-state index is -0.951. The lowest BCUT2D eigenvalue weighted by molar-refractivity contribution is -0.141. The van der Waals surface area contributed by atoms with Gasteiger partial charge in [0.2, 0.25) is 5.82 Å². The first-order valence-electron chi connectivity index (χ1n) is 8.57. The number of nitrogens with zero attached hydrogens (tertiary/aromatic N) is 3. The van der Waals surface area contributed by atoms with E-state index in [2.05, 4.69) is 15.4 Å². The van der Waals surface area contributed by atoms with Gasteiger partial charge in [-0.25, -0.2) is 14.1 Å². The SMILES string of the molecule is CCCC(CNC(=O)c1nc(C(C)C)n(-c2cccc(F)c2)n1)C(=O)O. The Hall–Kier alpha value is -2.77. The maximum absolute atomic E-state index is 13.5. The van der Waals surface area contributed by atoms with Crippen LogP contribution in [0.5, 0.6) is 0 Å². The molecule has 0 aliphatic heterocycles. The third kappa shape index (κ3) is 4.65. The Morgan fingerprint density at radius 3 is 2.65 bits per heavy atom. The lowest BCUT2D eigenvalue weighted by atomic mass is 10.0. The molecule has 1 unspecified atom stereocenters. The van der Waals surface area contributed by atoms with Crippen LogP contribution in [0.15, 0.2) is 24.3 Å². The molecule has 0 spiro atoms. The zero-order valence-corrected chi connectivity index (χ0v) is 15.1. The normalized spacial score (nSPS) is 12.2. The summed E-state index contributed by atoms with van der Waals surface area (Å²) >= 11 is 0. The van der Waals surface area contributed by atoms with E-state index in [4.69, 9.17) is 5.11 Å². The number of rotatable bonds is 8. The number of aromatic nitrogens is 3. The van der Waals surface area contributed by atoms with Crippen LogP contribution in [-0.4, -0.2) is 38.3 Å². The van der Waals surface area contributed by atoms with Crippen LogP contribution in [0.3, 0.4) is 0 Å². The Balaban J connectivity index is 2.23. The zero-order chi connectivity index (χ0) is 19.3. The Morgan fingerprint density at radius 2 is 2.08 bits per heavy atom. The summed E-state index contributed by atoms with van der Waals surface area (Å²) in [4.78, 5) is 27.8. The molecule has 1 heterocycles. The fourth-order valence-electron chi connectivity index (χ4n) is 2.55. The van der Waals surface area contributed by atoms with Gasteiger partial charge in [0.25, 0.3) is 5.91 Å². The lowest BCUT2D eigenvalue weighted by Crippen LogP contribution is -2.33. The second-order valence-corrected chi connectivity index (χ2v) is 6.37. The molecule has 2 N–H and O–H groups in total. The third-order valence-corrected chi connectivity index (χ3v) is 3.90. The highest BCUT2D eigenvalue weighted by atomic mass is 19.1. The molecule has 1 amide bonds. The van der Waals surface area contributed by atoms with E-state index < -0.39 is 23.6 Å². The predicted octanol–water partition coefficient (Wildman–Crippen LogP) is 2.76. The van der Waals surface area contributed by atoms with Gasteiger partial charge >= 0.3 is 5.97 Å². The second kappa shape index (κ2) is 8.55. The molecule has 8 heteroatoms. The molecule has 7 nitrogen and oxygen atoms in total. The van der Waals surface area contributed by atoms with E-state index in [1.165, 1.54) is 16.8 Å². The van der Waals surface area contributed by atoms with Gasteiger partial charge in [-0.05, 0) is 24.6 Å². The van der Waals surface area contributed by atoms with Crippen molar-refractivity contribution >= 4 is 11.9 Å². The predicted molar refractivity (Wildman–Crippen MR) is 93.8 cm³/mol. The number of carbonyl (C=O) groups is 2. The number of hydrogen-bond acceptors (Lipinski definition) is 4. The van der Waals surface area contributed by atoms with Crippen LogP contribution in [0.25, 0.3) is 5.69 Å². The molecule has 1 aromatic heterocycles. The van der Waals surface area contributed by atoms with Gasteiger partial charge in [0.05, 0.1) is 11.6 Å². The lowest BCUT2D eigenvalue weighted by Gasteiger charge is -2.11. The van der Waals surface area contributed by atoms with Crippen LogP contribution in [0.4, 0.5) is 4.39 Å². The standard InChI is InChI=1S/C18H23FN4O3/c1-4-6-12(18(25)26)10-20-17(24)15-21-16(11(2)3)23(22-15)14-8-5-7-13(19)9-14/h5,7-9,11-12H,4,6,10H2,1-3H3,(H,20,24)(H,25,26). The molecule has 1 aromatic carbocycles. The van der Waals surface area contributed by atoms with Crippen molar-refractivity contribution in [1.82, 2.24) is 20.1 Å². The van der Waals surface area contributed by atoms with E-state index in [1.54, 1.807) is 12.1 Å². The van der Waals surface area contributed by atoms with E-state index in [-0.39, 0.29) is 18.3 Å². The van der Waals surface area contributed by atoms with Crippen molar-refractivity contribution in [3.8, 4) is 5.69 Å². The van der Waals surface area contributed by atoms with Crippen LogP contribution in [0.1, 0.15) is 56.0 Å². The number of nitrogens with one attached hydrogen (secondary N) is 1. The molecule has 0 aliphatic carbocycles. The van der Waals surface area contributed by atoms with Crippen LogP contribution in [0, 0.1) is 11.7 Å². The van der Waals surface area contributed by atoms with Crippen LogP contribution in [0.2, 0.25) is 0 Å². The van der Waals surface area contributed by atoms with Gasteiger partial charge in [-0.1, -0.05) is 33.3 Å². The van der Waals surface area contributed by atoms with Crippen molar-refractivity contribution in [3.05, 3.63) is 41.7 Å². The summed E-state index contributed by atoms with van der Waals surface area (Å²) in [7, 11) is 0. The van der Waals surface area contributed by atoms with Gasteiger partial charge in [-0.15, -0.1) is 5.10 Å². The van der Waals surface area contributed by atoms with Crippen LogP contribution >= 0.6 is 0 Å². The highest BCUT2D eigenvalue weighted by molar-refractivity contribution is 5.90. The molecule has 0 fully saturated rings. The Morgan fingerprint density at radius 1 is 1.35 bits per heavy atom. The molecule has 0 saturated carbocycles. The minimum absolute atomic E-state index is 0.00746. The van der Waals surface area contributed by atoms with Crippen molar-refractivity contribution < 1.29 is 19.1 Å². The number of amides is 1. The first-order valence-corrected chi connectivity index (χ1v) is 8.57. The Kier molecular flexibility index (Phi) is 6.43. The number of hydrogen-bond donors (Lipinski definition) is 2. The smallest absolute Gasteiger partial charge is 0.308 e. The van der Waals surface area contributed by atoms with Crippen molar-refractivity contribution in [3.63, 3.8) is 0 Å². The van der Waals surface area contributed by atoms with Crippen LogP contribution < -0.4 is 5.32 Å². The number of carboxylic acids is 1. The fourth-order valence-corrected chi connectivity index (χ4v) is 2.55. The average Bonchev–Trinajstić information content (AvgIpc) is 3.04. The van der Waals surface area contributed by atoms with Gasteiger partial charge < -0.3 is 10.4 Å². The van der Waals surface area contributed by atoms with Gasteiger partial charge in [0.1, 0.15) is 11.6 Å². The van der Waals surface area contributed by atoms with Crippen molar-refractivity contribution in [2.24, 2.45) is 5.92 Å². The van der Waals surface area contributed by atoms with Gasteiger partial charge in [-0.2, -0.15) is 0 Å². The molecule has 26 heavy (non-hydrogen) atoms. The Bertz CT molecular complexity index is 788. The number of halogens is 1. The maximum Gasteiger partial charge on any atom is 0.308 e. The fraction of sp³-hybridized carbons (Fsp3) is 0.444. The maximum atomic E-state index is 13.5. The first-order chi connectivity index (χ1) is 12.3. The van der Waals surface area contributed by atoms with Crippen molar-refractivity contribution in [2.45, 2.75) is 39.5 Å². The molecule has 0 bridgehead atoms. The number of aliphatic carboxylic acids is 1. The molecule has 2 rings (SSSR count). The quantitative estimate of drug-likeness (QED) is 0.753. The average molecular weight is 362 g/mol. The molecule has 0 radical (unpaired) electrons. The van der Waals surface area contributed by atoms with Gasteiger partial charge in [-0.3, -0.25) is 9.59 Å². The summed E-state index contributed by atoms with van der Waals surface area (Å²) in [5, 5.41) is 15.9. The molecular weight excluding hydrogens is 339 g/mol. The largest absolute Gasteiger partial charge is 0.481 e. The third-order valence-electron chi connectivity index (χ3n) is 3.90. The highest BCUT2D eigenvalue weighted by Crippen LogP contribution is 2.18. The molecule has 0 aliphatic rings. The number of carboxylic acid groups (broad SMARTS) is 1. The summed E-state index contributed by atoms with van der Waals surface area (Å²) < 4.78 is 14.9. The summed E-state index contributed by atoms with van der Waals surface area (Å²) in [5.74, 6) is -2.17. The molecule has 0 saturated heterocycles. The topological polar surface area (TPSA) is 97.1 Å². The summed E-state index contributed by atoms with van der Waals surface area (Å²) in [5.41, 5.74) is 0.467. The van der Waals surface area contributed by atoms with Gasteiger partial charge in [0.15, 0.2) is 0 Å². The summed E-state index contributed by atoms with van der Waals surface area (Å²) in [6.07, 6.45) is 1.18. The minimum Gasteiger partial charge on any atom is -0.481 e. The van der Waals surface area contributed by atoms with E-state index in [0.29, 0.717) is 24.4 Å². The van der Waals surface area contributed by atoms with Crippen LogP contribution in [-0.2, 0) is 4.79 Å². The molecular formula is C18H23FN4O3. The Labute approximate surface area is 151 Å². The summed E-state index contributed by atoms with van der Waals surface area (Å²) in [6, 6.07) is 5.86. The monoisotopic (exact) mass is 362 g/mol. The molecule has 1 atom stereocenters. The second-order valence-electron chi connectivity index (χ2n) is 6.37. The summed E-state index contributed by atoms with van der Waals surface area (Å²) in [6.45, 7) is 5.68. The van der Waals surface area contributed by atoms with E-state index in [1.807, 2.05) is 20.8 Å².